The molecule has 6 heteroatoms. The van der Waals surface area contributed by atoms with Crippen molar-refractivity contribution in [3.63, 3.8) is 0 Å². The summed E-state index contributed by atoms with van der Waals surface area (Å²) in [6, 6.07) is 7.22. The molecule has 20 heavy (non-hydrogen) atoms. The number of carbonyl (C=O) groups is 1. The number of rotatable bonds is 3. The first-order chi connectivity index (χ1) is 9.61. The Morgan fingerprint density at radius 3 is 2.80 bits per heavy atom. The van der Waals surface area contributed by atoms with Gasteiger partial charge in [-0.05, 0) is 12.5 Å². The lowest BCUT2D eigenvalue weighted by Gasteiger charge is -2.33. The van der Waals surface area contributed by atoms with Crippen LogP contribution in [-0.2, 0) is 16.0 Å². The first kappa shape index (κ1) is 14.3. The minimum absolute atomic E-state index is 0.0599. The molecule has 2 rings (SSSR count). The lowest BCUT2D eigenvalue weighted by molar-refractivity contribution is -0.138. The average Bonchev–Trinajstić information content (AvgIpc) is 2.47. The Morgan fingerprint density at radius 1 is 1.50 bits per heavy atom. The van der Waals surface area contributed by atoms with Gasteiger partial charge in [0.1, 0.15) is 0 Å². The van der Waals surface area contributed by atoms with Crippen molar-refractivity contribution < 1.29 is 14.7 Å². The molecule has 1 fully saturated rings. The van der Waals surface area contributed by atoms with E-state index < -0.39 is 0 Å². The van der Waals surface area contributed by atoms with Gasteiger partial charge in [-0.15, -0.1) is 0 Å². The van der Waals surface area contributed by atoms with E-state index >= 15 is 0 Å². The number of benzene rings is 1. The number of carbonyl (C=O) groups excluding carboxylic acids is 1. The Hall–Kier alpha value is -2.08. The summed E-state index contributed by atoms with van der Waals surface area (Å²) in [4.78, 5) is 14.1. The monoisotopic (exact) mass is 277 g/mol. The molecule has 0 bridgehead atoms. The second-order valence-electron chi connectivity index (χ2n) is 4.87. The van der Waals surface area contributed by atoms with Crippen molar-refractivity contribution in [2.24, 2.45) is 10.9 Å². The predicted molar refractivity (Wildman–Crippen MR) is 74.7 cm³/mol. The van der Waals surface area contributed by atoms with E-state index in [2.05, 4.69) is 5.16 Å². The predicted octanol–water partition coefficient (Wildman–Crippen LogP) is 0.571. The van der Waals surface area contributed by atoms with Crippen LogP contribution < -0.4 is 5.73 Å². The first-order valence-electron chi connectivity index (χ1n) is 6.56. The summed E-state index contributed by atoms with van der Waals surface area (Å²) in [6.45, 7) is 3.81. The number of morpholine rings is 1. The largest absolute Gasteiger partial charge is 0.409 e. The number of hydrogen-bond donors (Lipinski definition) is 2. The smallest absolute Gasteiger partial charge is 0.227 e. The topological polar surface area (TPSA) is 88.2 Å². The average molecular weight is 277 g/mol. The molecule has 1 aliphatic rings. The molecule has 3 N–H and O–H groups in total. The van der Waals surface area contributed by atoms with Crippen molar-refractivity contribution >= 4 is 11.7 Å². The van der Waals surface area contributed by atoms with Crippen LogP contribution in [0.1, 0.15) is 18.1 Å². The highest BCUT2D eigenvalue weighted by Crippen LogP contribution is 2.11. The molecule has 6 nitrogen and oxygen atoms in total. The van der Waals surface area contributed by atoms with E-state index in [0.717, 1.165) is 5.56 Å². The van der Waals surface area contributed by atoms with Crippen molar-refractivity contribution in [1.29, 1.82) is 0 Å². The van der Waals surface area contributed by atoms with Crippen LogP contribution in [0, 0.1) is 0 Å². The molecule has 0 spiro atoms. The maximum Gasteiger partial charge on any atom is 0.227 e. The third-order valence-corrected chi connectivity index (χ3v) is 3.40. The third kappa shape index (κ3) is 3.27. The van der Waals surface area contributed by atoms with Gasteiger partial charge in [0.2, 0.25) is 5.91 Å². The van der Waals surface area contributed by atoms with Gasteiger partial charge in [0.05, 0.1) is 25.7 Å². The molecule has 1 amide bonds. The van der Waals surface area contributed by atoms with Gasteiger partial charge in [-0.3, -0.25) is 4.79 Å². The number of nitrogens with two attached hydrogens (primary N) is 1. The fraction of sp³-hybridized carbons (Fsp3) is 0.429. The van der Waals surface area contributed by atoms with Crippen molar-refractivity contribution in [3.8, 4) is 0 Å². The molecular formula is C14H19N3O3. The maximum atomic E-state index is 12.2. The van der Waals surface area contributed by atoms with Crippen LogP contribution >= 0.6 is 0 Å². The molecular weight excluding hydrogens is 258 g/mol. The number of nitrogens with zero attached hydrogens (tertiary/aromatic N) is 2. The van der Waals surface area contributed by atoms with Crippen molar-refractivity contribution in [2.45, 2.75) is 19.4 Å². The minimum Gasteiger partial charge on any atom is -0.409 e. The van der Waals surface area contributed by atoms with Gasteiger partial charge < -0.3 is 20.6 Å². The van der Waals surface area contributed by atoms with Crippen LogP contribution in [0.3, 0.4) is 0 Å². The van der Waals surface area contributed by atoms with E-state index in [9.17, 15) is 4.79 Å². The maximum absolute atomic E-state index is 12.2. The van der Waals surface area contributed by atoms with Gasteiger partial charge in [-0.25, -0.2) is 0 Å². The number of amidine groups is 1. The van der Waals surface area contributed by atoms with Gasteiger partial charge in [-0.2, -0.15) is 0 Å². The van der Waals surface area contributed by atoms with E-state index in [0.29, 0.717) is 31.7 Å². The molecule has 108 valence electrons. The number of hydrogen-bond acceptors (Lipinski definition) is 4. The van der Waals surface area contributed by atoms with E-state index in [-0.39, 0.29) is 17.8 Å². The van der Waals surface area contributed by atoms with Crippen LogP contribution in [0.5, 0.6) is 0 Å². The molecule has 1 aromatic rings. The zero-order valence-corrected chi connectivity index (χ0v) is 11.5. The standard InChI is InChI=1S/C14H19N3O3/c1-10-9-20-7-6-17(10)13(18)8-11-2-4-12(5-3-11)14(15)16-19/h2-5,10,19H,6-9H2,1H3,(H2,15,16). The quantitative estimate of drug-likeness (QED) is 0.366. The summed E-state index contributed by atoms with van der Waals surface area (Å²) in [5.41, 5.74) is 7.03. The number of ether oxygens (including phenoxy) is 1. The SMILES string of the molecule is CC1COCCN1C(=O)Cc1ccc(C(N)=NO)cc1. The second-order valence-corrected chi connectivity index (χ2v) is 4.87. The molecule has 0 aliphatic carbocycles. The van der Waals surface area contributed by atoms with Crippen LogP contribution in [-0.4, -0.2) is 47.7 Å². The summed E-state index contributed by atoms with van der Waals surface area (Å²) in [7, 11) is 0. The molecule has 1 saturated heterocycles. The fourth-order valence-electron chi connectivity index (χ4n) is 2.22. The number of amides is 1. The summed E-state index contributed by atoms with van der Waals surface area (Å²) in [5.74, 6) is 0.155. The Kier molecular flexibility index (Phi) is 4.57. The summed E-state index contributed by atoms with van der Waals surface area (Å²) >= 11 is 0. The van der Waals surface area contributed by atoms with E-state index in [4.69, 9.17) is 15.7 Å². The lowest BCUT2D eigenvalue weighted by atomic mass is 10.1. The Bertz CT molecular complexity index is 499. The zero-order valence-electron chi connectivity index (χ0n) is 11.5. The van der Waals surface area contributed by atoms with E-state index in [1.54, 1.807) is 12.1 Å². The molecule has 0 radical (unpaired) electrons. The van der Waals surface area contributed by atoms with Crippen LogP contribution in [0.15, 0.2) is 29.4 Å². The van der Waals surface area contributed by atoms with Gasteiger partial charge in [0, 0.05) is 12.1 Å². The van der Waals surface area contributed by atoms with Crippen LogP contribution in [0.4, 0.5) is 0 Å². The van der Waals surface area contributed by atoms with Crippen molar-refractivity contribution in [1.82, 2.24) is 4.90 Å². The van der Waals surface area contributed by atoms with Gasteiger partial charge >= 0.3 is 0 Å². The normalized spacial score (nSPS) is 19.9. The summed E-state index contributed by atoms with van der Waals surface area (Å²) in [5, 5.41) is 11.5. The Labute approximate surface area is 117 Å². The first-order valence-corrected chi connectivity index (χ1v) is 6.56. The second kappa shape index (κ2) is 6.38. The molecule has 1 unspecified atom stereocenters. The molecule has 1 aliphatic heterocycles. The minimum atomic E-state index is 0.0599. The highest BCUT2D eigenvalue weighted by Gasteiger charge is 2.23. The van der Waals surface area contributed by atoms with Gasteiger partial charge in [-0.1, -0.05) is 29.4 Å². The van der Waals surface area contributed by atoms with Crippen molar-refractivity contribution in [3.05, 3.63) is 35.4 Å². The van der Waals surface area contributed by atoms with E-state index in [1.165, 1.54) is 0 Å². The highest BCUT2D eigenvalue weighted by molar-refractivity contribution is 5.97. The van der Waals surface area contributed by atoms with Gasteiger partial charge in [0.25, 0.3) is 0 Å². The van der Waals surface area contributed by atoms with Crippen LogP contribution in [0.25, 0.3) is 0 Å². The molecule has 1 aromatic carbocycles. The molecule has 1 heterocycles. The highest BCUT2D eigenvalue weighted by atomic mass is 16.5. The van der Waals surface area contributed by atoms with Gasteiger partial charge in [0.15, 0.2) is 5.84 Å². The summed E-state index contributed by atoms with van der Waals surface area (Å²) < 4.78 is 5.32. The molecule has 1 atom stereocenters. The fourth-order valence-corrected chi connectivity index (χ4v) is 2.22. The van der Waals surface area contributed by atoms with Crippen LogP contribution in [0.2, 0.25) is 0 Å². The summed E-state index contributed by atoms with van der Waals surface area (Å²) in [6.07, 6.45) is 0.348. The Balaban J connectivity index is 2.00. The Morgan fingerprint density at radius 2 is 2.20 bits per heavy atom. The third-order valence-electron chi connectivity index (χ3n) is 3.40. The van der Waals surface area contributed by atoms with E-state index in [1.807, 2.05) is 24.0 Å². The number of oxime groups is 1. The molecule has 0 saturated carbocycles. The molecule has 0 aromatic heterocycles. The zero-order chi connectivity index (χ0) is 14.5. The van der Waals surface area contributed by atoms with Crippen molar-refractivity contribution in [2.75, 3.05) is 19.8 Å². The lowest BCUT2D eigenvalue weighted by Crippen LogP contribution is -2.47.